The van der Waals surface area contributed by atoms with Gasteiger partial charge in [-0.25, -0.2) is 0 Å². The van der Waals surface area contributed by atoms with Crippen molar-refractivity contribution in [2.24, 2.45) is 5.73 Å². The molecule has 0 saturated carbocycles. The maximum absolute atomic E-state index is 12.9. The van der Waals surface area contributed by atoms with E-state index in [4.69, 9.17) is 19.9 Å². The number of carbonyl (C=O) groups is 2. The second kappa shape index (κ2) is 10.1. The summed E-state index contributed by atoms with van der Waals surface area (Å²) in [5.41, 5.74) is 8.48. The fourth-order valence-corrected chi connectivity index (χ4v) is 4.02. The number of amides is 2. The van der Waals surface area contributed by atoms with Gasteiger partial charge in [-0.2, -0.15) is 0 Å². The molecule has 0 unspecified atom stereocenters. The van der Waals surface area contributed by atoms with Gasteiger partial charge in [0.2, 0.25) is 0 Å². The number of nitrogens with two attached hydrogens (primary N) is 1. The van der Waals surface area contributed by atoms with Gasteiger partial charge in [0.15, 0.2) is 6.29 Å². The van der Waals surface area contributed by atoms with E-state index in [2.05, 4.69) is 10.6 Å². The predicted molar refractivity (Wildman–Crippen MR) is 119 cm³/mol. The second-order valence-electron chi connectivity index (χ2n) is 8.05. The lowest BCUT2D eigenvalue weighted by molar-refractivity contribution is -0.188. The number of hydrogen-bond donors (Lipinski definition) is 3. The van der Waals surface area contributed by atoms with E-state index in [9.17, 15) is 9.59 Å². The molecule has 1 saturated heterocycles. The zero-order valence-corrected chi connectivity index (χ0v) is 18.1. The Kier molecular flexibility index (Phi) is 7.04. The van der Waals surface area contributed by atoms with Gasteiger partial charge in [0.1, 0.15) is 5.75 Å². The molecule has 1 atom stereocenters. The van der Waals surface area contributed by atoms with Crippen LogP contribution in [0, 0.1) is 0 Å². The molecular weight excluding hydrogens is 410 g/mol. The minimum absolute atomic E-state index is 0.0330. The summed E-state index contributed by atoms with van der Waals surface area (Å²) in [4.78, 5) is 25.4. The van der Waals surface area contributed by atoms with Gasteiger partial charge in [0.05, 0.1) is 31.4 Å². The highest BCUT2D eigenvalue weighted by molar-refractivity contribution is 6.02. The van der Waals surface area contributed by atoms with Crippen molar-refractivity contribution in [3.05, 3.63) is 64.7 Å². The Labute approximate surface area is 187 Å². The summed E-state index contributed by atoms with van der Waals surface area (Å²) in [5.74, 6) is -0.00698. The van der Waals surface area contributed by atoms with Gasteiger partial charge in [-0.15, -0.1) is 0 Å². The fourth-order valence-electron chi connectivity index (χ4n) is 4.02. The Balaban J connectivity index is 1.46. The Morgan fingerprint density at radius 1 is 1.06 bits per heavy atom. The van der Waals surface area contributed by atoms with E-state index in [0.29, 0.717) is 56.1 Å². The molecule has 0 spiro atoms. The number of hydrogen-bond acceptors (Lipinski definition) is 6. The molecule has 2 aliphatic rings. The SMILES string of the molecule is CNC(=O)c1cc(C(=O)NCCC[C@H]2OC[C@H](N)CO2)cc2c1OC[C@H]2c1ccccc1. The van der Waals surface area contributed by atoms with Gasteiger partial charge < -0.3 is 30.6 Å². The third-order valence-corrected chi connectivity index (χ3v) is 5.72. The minimum Gasteiger partial charge on any atom is -0.491 e. The third kappa shape index (κ3) is 4.93. The molecule has 2 aliphatic heterocycles. The summed E-state index contributed by atoms with van der Waals surface area (Å²) >= 11 is 0. The van der Waals surface area contributed by atoms with Crippen LogP contribution in [-0.2, 0) is 9.47 Å². The first-order valence-corrected chi connectivity index (χ1v) is 10.9. The number of carbonyl (C=O) groups excluding carboxylic acids is 2. The monoisotopic (exact) mass is 439 g/mol. The first kappa shape index (κ1) is 22.3. The normalized spacial score (nSPS) is 22.0. The largest absolute Gasteiger partial charge is 0.491 e. The number of benzene rings is 2. The van der Waals surface area contributed by atoms with Crippen molar-refractivity contribution in [1.29, 1.82) is 0 Å². The predicted octanol–water partition coefficient (Wildman–Crippen LogP) is 1.78. The van der Waals surface area contributed by atoms with Gasteiger partial charge in [0, 0.05) is 37.1 Å². The van der Waals surface area contributed by atoms with Gasteiger partial charge in [-0.3, -0.25) is 9.59 Å². The summed E-state index contributed by atoms with van der Waals surface area (Å²) in [6.45, 7) is 1.87. The molecule has 2 amide bonds. The van der Waals surface area contributed by atoms with Gasteiger partial charge >= 0.3 is 0 Å². The quantitative estimate of drug-likeness (QED) is 0.567. The zero-order chi connectivity index (χ0) is 22.5. The molecule has 8 heteroatoms. The summed E-state index contributed by atoms with van der Waals surface area (Å²) in [6, 6.07) is 13.3. The fraction of sp³-hybridized carbons (Fsp3) is 0.417. The first-order valence-electron chi connectivity index (χ1n) is 10.9. The summed E-state index contributed by atoms with van der Waals surface area (Å²) < 4.78 is 16.9. The lowest BCUT2D eigenvalue weighted by atomic mass is 9.90. The van der Waals surface area contributed by atoms with Crippen molar-refractivity contribution in [2.75, 3.05) is 33.4 Å². The summed E-state index contributed by atoms with van der Waals surface area (Å²) in [5, 5.41) is 5.57. The number of nitrogens with one attached hydrogen (secondary N) is 2. The number of ether oxygens (including phenoxy) is 3. The van der Waals surface area contributed by atoms with Crippen LogP contribution in [0.15, 0.2) is 42.5 Å². The topological polar surface area (TPSA) is 112 Å². The van der Waals surface area contributed by atoms with Crippen LogP contribution in [0.1, 0.15) is 50.6 Å². The lowest BCUT2D eigenvalue weighted by Crippen LogP contribution is -2.41. The van der Waals surface area contributed by atoms with E-state index >= 15 is 0 Å². The van der Waals surface area contributed by atoms with Crippen LogP contribution < -0.4 is 21.1 Å². The minimum atomic E-state index is -0.283. The average molecular weight is 440 g/mol. The van der Waals surface area contributed by atoms with E-state index in [1.165, 1.54) is 0 Å². The van der Waals surface area contributed by atoms with E-state index in [1.54, 1.807) is 13.1 Å². The van der Waals surface area contributed by atoms with Crippen LogP contribution in [-0.4, -0.2) is 57.6 Å². The van der Waals surface area contributed by atoms with Gasteiger partial charge in [-0.05, 0) is 24.1 Å². The third-order valence-electron chi connectivity index (χ3n) is 5.72. The maximum atomic E-state index is 12.9. The number of fused-ring (bicyclic) bond motifs is 1. The van der Waals surface area contributed by atoms with Crippen LogP contribution in [0.2, 0.25) is 0 Å². The first-order chi connectivity index (χ1) is 15.6. The van der Waals surface area contributed by atoms with Crippen molar-refractivity contribution >= 4 is 11.8 Å². The highest BCUT2D eigenvalue weighted by Gasteiger charge is 2.31. The van der Waals surface area contributed by atoms with Gasteiger partial charge in [0.25, 0.3) is 11.8 Å². The molecule has 2 aromatic rings. The Morgan fingerprint density at radius 3 is 2.53 bits per heavy atom. The number of rotatable bonds is 7. The van der Waals surface area contributed by atoms with Crippen molar-refractivity contribution in [3.63, 3.8) is 0 Å². The molecule has 2 aromatic carbocycles. The maximum Gasteiger partial charge on any atom is 0.254 e. The molecule has 0 bridgehead atoms. The van der Waals surface area contributed by atoms with Crippen molar-refractivity contribution < 1.29 is 23.8 Å². The van der Waals surface area contributed by atoms with E-state index in [-0.39, 0.29) is 30.1 Å². The zero-order valence-electron chi connectivity index (χ0n) is 18.1. The van der Waals surface area contributed by atoms with E-state index < -0.39 is 0 Å². The molecule has 32 heavy (non-hydrogen) atoms. The molecule has 8 nitrogen and oxygen atoms in total. The molecule has 0 aromatic heterocycles. The molecule has 0 aliphatic carbocycles. The molecule has 2 heterocycles. The van der Waals surface area contributed by atoms with Crippen molar-refractivity contribution in [3.8, 4) is 5.75 Å². The highest BCUT2D eigenvalue weighted by atomic mass is 16.7. The van der Waals surface area contributed by atoms with Crippen LogP contribution in [0.4, 0.5) is 0 Å². The smallest absolute Gasteiger partial charge is 0.254 e. The lowest BCUT2D eigenvalue weighted by Gasteiger charge is -2.27. The van der Waals surface area contributed by atoms with Gasteiger partial charge in [-0.1, -0.05) is 30.3 Å². The standard InChI is InChI=1S/C24H29N3O5/c1-26-24(29)19-11-16(23(28)27-9-5-8-21-30-12-17(25)13-31-21)10-18-20(14-32-22(18)19)15-6-3-2-4-7-15/h2-4,6-7,10-11,17,20-21H,5,8-9,12-14,25H2,1H3,(H,26,29)(H,27,28)/t17-,20-,21-/m0/s1. The molecule has 4 N–H and O–H groups in total. The van der Waals surface area contributed by atoms with Crippen LogP contribution in [0.5, 0.6) is 5.75 Å². The van der Waals surface area contributed by atoms with E-state index in [1.807, 2.05) is 36.4 Å². The highest BCUT2D eigenvalue weighted by Crippen LogP contribution is 2.41. The molecule has 0 radical (unpaired) electrons. The summed E-state index contributed by atoms with van der Waals surface area (Å²) in [7, 11) is 1.56. The van der Waals surface area contributed by atoms with Crippen molar-refractivity contribution in [2.45, 2.75) is 31.1 Å². The van der Waals surface area contributed by atoms with Crippen molar-refractivity contribution in [1.82, 2.24) is 10.6 Å². The molecule has 4 rings (SSSR count). The molecular formula is C24H29N3O5. The second-order valence-corrected chi connectivity index (χ2v) is 8.05. The Bertz CT molecular complexity index is 958. The van der Waals surface area contributed by atoms with Crippen LogP contribution >= 0.6 is 0 Å². The Morgan fingerprint density at radius 2 is 1.81 bits per heavy atom. The average Bonchev–Trinajstić information content (AvgIpc) is 3.26. The van der Waals surface area contributed by atoms with E-state index in [0.717, 1.165) is 11.1 Å². The molecule has 170 valence electrons. The summed E-state index contributed by atoms with van der Waals surface area (Å²) in [6.07, 6.45) is 1.09. The Hall–Kier alpha value is -2.94. The van der Waals surface area contributed by atoms with Crippen LogP contribution in [0.3, 0.4) is 0 Å². The van der Waals surface area contributed by atoms with Crippen LogP contribution in [0.25, 0.3) is 0 Å². The molecule has 1 fully saturated rings.